The van der Waals surface area contributed by atoms with Crippen molar-refractivity contribution in [2.24, 2.45) is 0 Å². The Balaban J connectivity index is 2.75. The predicted molar refractivity (Wildman–Crippen MR) is 34.8 cm³/mol. The normalized spacial score (nSPS) is 11.3. The number of hydrogen-bond acceptors (Lipinski definition) is 4. The maximum Gasteiger partial charge on any atom is 0.321 e. The molecule has 0 aliphatic carbocycles. The highest BCUT2D eigenvalue weighted by Gasteiger charge is 2.04. The second-order valence-corrected chi connectivity index (χ2v) is 3.67. The van der Waals surface area contributed by atoms with E-state index in [1.54, 1.807) is 0 Å². The van der Waals surface area contributed by atoms with Gasteiger partial charge in [-0.1, -0.05) is 0 Å². The second-order valence-electron chi connectivity index (χ2n) is 1.37. The minimum Gasteiger partial charge on any atom is -0.245 e. The van der Waals surface area contributed by atoms with E-state index in [1.165, 1.54) is 0 Å². The smallest absolute Gasteiger partial charge is 0.245 e. The van der Waals surface area contributed by atoms with Crippen LogP contribution in [0.1, 0.15) is 0 Å². The molecule has 0 radical (unpaired) electrons. The summed E-state index contributed by atoms with van der Waals surface area (Å²) < 4.78 is 22.4. The van der Waals surface area contributed by atoms with Crippen molar-refractivity contribution in [3.8, 4) is 0 Å². The Morgan fingerprint density at radius 2 is 2.40 bits per heavy atom. The van der Waals surface area contributed by atoms with Crippen LogP contribution in [0.15, 0.2) is 6.33 Å². The van der Waals surface area contributed by atoms with Gasteiger partial charge in [-0.15, -0.1) is 0 Å². The molecule has 56 valence electrons. The highest BCUT2D eigenvalue weighted by molar-refractivity contribution is 8.14. The lowest BCUT2D eigenvalue weighted by Crippen LogP contribution is -2.05. The van der Waals surface area contributed by atoms with Gasteiger partial charge in [-0.05, 0) is 0 Å². The van der Waals surface area contributed by atoms with E-state index in [-0.39, 0.29) is 5.95 Å². The number of nitrogens with one attached hydrogen (secondary N) is 2. The maximum atomic E-state index is 10.3. The quantitative estimate of drug-likeness (QED) is 0.615. The Labute approximate surface area is 61.2 Å². The third-order valence-electron chi connectivity index (χ3n) is 0.634. The number of H-pyrrole nitrogens is 1. The Morgan fingerprint density at radius 3 is 2.80 bits per heavy atom. The molecule has 0 saturated heterocycles. The van der Waals surface area contributed by atoms with Crippen LogP contribution in [0.5, 0.6) is 0 Å². The van der Waals surface area contributed by atoms with E-state index in [0.717, 1.165) is 6.33 Å². The van der Waals surface area contributed by atoms with Gasteiger partial charge >= 0.3 is 9.24 Å². The molecule has 2 N–H and O–H groups in total. The van der Waals surface area contributed by atoms with Crippen molar-refractivity contribution in [1.82, 2.24) is 15.2 Å². The van der Waals surface area contributed by atoms with Crippen molar-refractivity contribution in [3.05, 3.63) is 6.33 Å². The molecule has 1 heterocycles. The lowest BCUT2D eigenvalue weighted by molar-refractivity contribution is 0.614. The molecule has 0 fully saturated rings. The van der Waals surface area contributed by atoms with Crippen molar-refractivity contribution in [2.75, 3.05) is 4.72 Å². The number of halogens is 1. The van der Waals surface area contributed by atoms with Crippen LogP contribution in [0.3, 0.4) is 0 Å². The van der Waals surface area contributed by atoms with Crippen molar-refractivity contribution in [3.63, 3.8) is 0 Å². The van der Waals surface area contributed by atoms with Gasteiger partial charge in [0.05, 0.1) is 0 Å². The van der Waals surface area contributed by atoms with Gasteiger partial charge in [0, 0.05) is 10.7 Å². The van der Waals surface area contributed by atoms with Gasteiger partial charge in [-0.25, -0.2) is 9.82 Å². The lowest BCUT2D eigenvalue weighted by atomic mass is 11.1. The number of nitrogens with zero attached hydrogens (tertiary/aromatic N) is 2. The summed E-state index contributed by atoms with van der Waals surface area (Å²) in [5.41, 5.74) is 0. The molecule has 6 nitrogen and oxygen atoms in total. The van der Waals surface area contributed by atoms with Crippen molar-refractivity contribution >= 4 is 25.9 Å². The lowest BCUT2D eigenvalue weighted by Gasteiger charge is -1.92. The summed E-state index contributed by atoms with van der Waals surface area (Å²) in [7, 11) is 1.04. The van der Waals surface area contributed by atoms with Crippen LogP contribution >= 0.6 is 10.7 Å². The standard InChI is InChI=1S/C2H3ClN4O2S/c3-10(8,9)7-2-4-1-5-6-2/h1H,(H2,4,5,6,7). The minimum atomic E-state index is -3.76. The first-order valence-corrected chi connectivity index (χ1v) is 4.46. The Bertz CT molecular complexity index is 291. The highest BCUT2D eigenvalue weighted by Crippen LogP contribution is 2.00. The fourth-order valence-corrected chi connectivity index (χ4v) is 0.919. The number of aromatic amines is 1. The van der Waals surface area contributed by atoms with E-state index in [1.807, 2.05) is 4.72 Å². The molecule has 0 saturated carbocycles. The molecule has 0 aliphatic heterocycles. The van der Waals surface area contributed by atoms with Crippen LogP contribution in [0.25, 0.3) is 0 Å². The topological polar surface area (TPSA) is 87.7 Å². The predicted octanol–water partition coefficient (Wildman–Crippen LogP) is -0.300. The van der Waals surface area contributed by atoms with E-state index in [2.05, 4.69) is 15.2 Å². The monoisotopic (exact) mass is 182 g/mol. The van der Waals surface area contributed by atoms with E-state index < -0.39 is 9.24 Å². The van der Waals surface area contributed by atoms with Crippen LogP contribution in [0.4, 0.5) is 5.95 Å². The fourth-order valence-electron chi connectivity index (χ4n) is 0.370. The van der Waals surface area contributed by atoms with Gasteiger partial charge in [0.1, 0.15) is 6.33 Å². The van der Waals surface area contributed by atoms with Crippen LogP contribution in [-0.4, -0.2) is 23.6 Å². The molecule has 0 spiro atoms. The fraction of sp³-hybridized carbons (Fsp3) is 0. The van der Waals surface area contributed by atoms with Gasteiger partial charge < -0.3 is 0 Å². The van der Waals surface area contributed by atoms with E-state index in [0.29, 0.717) is 0 Å². The zero-order valence-corrected chi connectivity index (χ0v) is 6.15. The average molecular weight is 183 g/mol. The minimum absolute atomic E-state index is 0.00463. The first kappa shape index (κ1) is 7.29. The number of rotatable bonds is 2. The molecule has 0 atom stereocenters. The van der Waals surface area contributed by atoms with Gasteiger partial charge in [0.15, 0.2) is 0 Å². The molecule has 0 amide bonds. The van der Waals surface area contributed by atoms with Crippen LogP contribution < -0.4 is 4.72 Å². The zero-order chi connectivity index (χ0) is 7.61. The van der Waals surface area contributed by atoms with Crippen molar-refractivity contribution < 1.29 is 8.42 Å². The molecule has 8 heteroatoms. The zero-order valence-electron chi connectivity index (χ0n) is 4.57. The third-order valence-corrected chi connectivity index (χ3v) is 1.30. The summed E-state index contributed by atoms with van der Waals surface area (Å²) in [4.78, 5) is 3.46. The number of anilines is 1. The summed E-state index contributed by atoms with van der Waals surface area (Å²) in [6.07, 6.45) is 1.16. The molecule has 0 bridgehead atoms. The molecule has 0 aromatic carbocycles. The first-order valence-electron chi connectivity index (χ1n) is 2.16. The Morgan fingerprint density at radius 1 is 1.70 bits per heavy atom. The molecule has 0 aliphatic rings. The molecule has 10 heavy (non-hydrogen) atoms. The Hall–Kier alpha value is -0.820. The van der Waals surface area contributed by atoms with Gasteiger partial charge in [0.2, 0.25) is 5.95 Å². The summed E-state index contributed by atoms with van der Waals surface area (Å²) >= 11 is 0. The van der Waals surface area contributed by atoms with Gasteiger partial charge in [-0.3, -0.25) is 0 Å². The largest absolute Gasteiger partial charge is 0.321 e. The molecular weight excluding hydrogens is 180 g/mol. The van der Waals surface area contributed by atoms with Crippen LogP contribution in [0.2, 0.25) is 0 Å². The Kier molecular flexibility index (Phi) is 1.77. The molecule has 1 aromatic rings. The average Bonchev–Trinajstić information content (AvgIpc) is 2.12. The van der Waals surface area contributed by atoms with Crippen LogP contribution in [-0.2, 0) is 9.24 Å². The molecule has 1 rings (SSSR count). The summed E-state index contributed by atoms with van der Waals surface area (Å²) in [6, 6.07) is 0. The number of hydrogen-bond donors (Lipinski definition) is 2. The number of aromatic nitrogens is 3. The SMILES string of the molecule is O=S(=O)(Cl)Nc1ncn[nH]1. The third kappa shape index (κ3) is 2.19. The molecule has 1 aromatic heterocycles. The van der Waals surface area contributed by atoms with Gasteiger partial charge in [0.25, 0.3) is 0 Å². The molecule has 0 unspecified atom stereocenters. The van der Waals surface area contributed by atoms with E-state index in [4.69, 9.17) is 10.7 Å². The maximum absolute atomic E-state index is 10.3. The van der Waals surface area contributed by atoms with Gasteiger partial charge in [-0.2, -0.15) is 18.5 Å². The highest BCUT2D eigenvalue weighted by atomic mass is 35.7. The van der Waals surface area contributed by atoms with Crippen molar-refractivity contribution in [2.45, 2.75) is 0 Å². The van der Waals surface area contributed by atoms with E-state index in [9.17, 15) is 8.42 Å². The van der Waals surface area contributed by atoms with Crippen LogP contribution in [0, 0.1) is 0 Å². The summed E-state index contributed by atoms with van der Waals surface area (Å²) in [6.45, 7) is 0. The molecular formula is C2H3ClN4O2S. The summed E-state index contributed by atoms with van der Waals surface area (Å²) in [5, 5.41) is 5.64. The van der Waals surface area contributed by atoms with Crippen molar-refractivity contribution in [1.29, 1.82) is 0 Å². The summed E-state index contributed by atoms with van der Waals surface area (Å²) in [5.74, 6) is -0.00463. The first-order chi connectivity index (χ1) is 4.58. The second kappa shape index (κ2) is 2.43. The van der Waals surface area contributed by atoms with E-state index >= 15 is 0 Å².